The molecule has 2 rings (SSSR count). The third-order valence-corrected chi connectivity index (χ3v) is 7.75. The molecule has 0 amide bonds. The van der Waals surface area contributed by atoms with E-state index in [1.165, 1.54) is 24.3 Å². The van der Waals surface area contributed by atoms with Crippen LogP contribution in [0.2, 0.25) is 0 Å². The van der Waals surface area contributed by atoms with Gasteiger partial charge in [-0.15, -0.1) is 0 Å². The number of nitrogens with two attached hydrogens (primary N) is 1. The second-order valence-corrected chi connectivity index (χ2v) is 11.9. The van der Waals surface area contributed by atoms with Crippen LogP contribution < -0.4 is 9.86 Å². The largest absolute Gasteiger partial charge is 0.463 e. The summed E-state index contributed by atoms with van der Waals surface area (Å²) in [6, 6.07) is 5.42. The van der Waals surface area contributed by atoms with Gasteiger partial charge < -0.3 is 23.7 Å². The Kier molecular flexibility index (Phi) is 10.9. The van der Waals surface area contributed by atoms with E-state index in [1.807, 2.05) is 0 Å². The molecule has 1 saturated heterocycles. The first-order chi connectivity index (χ1) is 18.0. The quantitative estimate of drug-likeness (QED) is 0.229. The molecule has 1 aromatic rings. The van der Waals surface area contributed by atoms with E-state index in [2.05, 4.69) is 4.72 Å². The van der Waals surface area contributed by atoms with E-state index < -0.39 is 80.4 Å². The van der Waals surface area contributed by atoms with Gasteiger partial charge in [-0.25, -0.2) is 26.7 Å². The van der Waals surface area contributed by atoms with Crippen molar-refractivity contribution in [2.75, 3.05) is 13.2 Å². The molecule has 1 aromatic carbocycles. The summed E-state index contributed by atoms with van der Waals surface area (Å²) in [5, 5.41) is 5.07. The molecule has 1 aliphatic heterocycles. The lowest BCUT2D eigenvalue weighted by molar-refractivity contribution is -0.238. The van der Waals surface area contributed by atoms with Gasteiger partial charge in [0.05, 0.1) is 4.90 Å². The third kappa shape index (κ3) is 9.54. The zero-order valence-electron chi connectivity index (χ0n) is 21.5. The fraction of sp³-hybridized carbons (Fsp3) is 0.545. The molecule has 0 spiro atoms. The number of sulfonamides is 2. The Hall–Kier alpha value is -3.12. The van der Waals surface area contributed by atoms with Gasteiger partial charge in [0.1, 0.15) is 12.7 Å². The molecule has 0 radical (unpaired) electrons. The molecular weight excluding hydrogens is 564 g/mol. The van der Waals surface area contributed by atoms with Crippen molar-refractivity contribution in [2.45, 2.75) is 68.9 Å². The van der Waals surface area contributed by atoms with E-state index in [9.17, 15) is 36.0 Å². The summed E-state index contributed by atoms with van der Waals surface area (Å²) in [7, 11) is -8.41. The maximum absolute atomic E-state index is 13.3. The van der Waals surface area contributed by atoms with Crippen LogP contribution in [0.25, 0.3) is 0 Å². The second kappa shape index (κ2) is 13.3. The van der Waals surface area contributed by atoms with Crippen molar-refractivity contribution >= 4 is 43.9 Å². The molecule has 0 aromatic heterocycles. The van der Waals surface area contributed by atoms with Crippen molar-refractivity contribution in [2.24, 2.45) is 5.14 Å². The summed E-state index contributed by atoms with van der Waals surface area (Å²) >= 11 is 0. The average Bonchev–Trinajstić information content (AvgIpc) is 2.79. The summed E-state index contributed by atoms with van der Waals surface area (Å²) in [6.45, 7) is 3.33. The minimum atomic E-state index is -4.51. The zero-order chi connectivity index (χ0) is 29.5. The number of hydrogen-bond donors (Lipinski definition) is 2. The number of rotatable bonds is 11. The minimum Gasteiger partial charge on any atom is -0.463 e. The maximum Gasteiger partial charge on any atom is 0.303 e. The average molecular weight is 595 g/mol. The Morgan fingerprint density at radius 3 is 1.82 bits per heavy atom. The molecule has 0 unspecified atom stereocenters. The fourth-order valence-electron chi connectivity index (χ4n) is 3.70. The van der Waals surface area contributed by atoms with Gasteiger partial charge in [-0.2, -0.15) is 0 Å². The van der Waals surface area contributed by atoms with Crippen LogP contribution in [0.1, 0.15) is 33.3 Å². The van der Waals surface area contributed by atoms with E-state index in [4.69, 9.17) is 28.8 Å². The summed E-state index contributed by atoms with van der Waals surface area (Å²) < 4.78 is 77.9. The topological polar surface area (TPSA) is 221 Å². The molecule has 3 N–H and O–H groups in total. The summed E-state index contributed by atoms with van der Waals surface area (Å²) in [4.78, 5) is 46.8. The maximum atomic E-state index is 13.3. The minimum absolute atomic E-state index is 0.107. The van der Waals surface area contributed by atoms with Gasteiger partial charge in [-0.3, -0.25) is 19.2 Å². The van der Waals surface area contributed by atoms with Crippen molar-refractivity contribution in [3.05, 3.63) is 29.8 Å². The zero-order valence-corrected chi connectivity index (χ0v) is 23.2. The van der Waals surface area contributed by atoms with Crippen LogP contribution in [0.15, 0.2) is 29.2 Å². The molecule has 1 fully saturated rings. The molecule has 17 heteroatoms. The Balaban J connectivity index is 2.36. The van der Waals surface area contributed by atoms with Gasteiger partial charge in [-0.05, 0) is 24.1 Å². The lowest BCUT2D eigenvalue weighted by Gasteiger charge is -2.43. The molecular formula is C22H30N2O13S2. The number of carbonyl (C=O) groups excluding carboxylic acids is 4. The Bertz CT molecular complexity index is 1280. The van der Waals surface area contributed by atoms with E-state index in [-0.39, 0.29) is 17.9 Å². The van der Waals surface area contributed by atoms with Gasteiger partial charge in [0.2, 0.25) is 25.5 Å². The van der Waals surface area contributed by atoms with Crippen LogP contribution in [-0.2, 0) is 69.3 Å². The summed E-state index contributed by atoms with van der Waals surface area (Å²) in [5.41, 5.74) is -1.42. The molecule has 0 bridgehead atoms. The fourth-order valence-corrected chi connectivity index (χ4v) is 5.62. The van der Waals surface area contributed by atoms with E-state index in [1.54, 1.807) is 0 Å². The first kappa shape index (κ1) is 32.1. The van der Waals surface area contributed by atoms with Crippen LogP contribution in [0.3, 0.4) is 0 Å². The number of nitrogens with one attached hydrogen (secondary N) is 1. The smallest absolute Gasteiger partial charge is 0.303 e. The lowest BCUT2D eigenvalue weighted by Crippen LogP contribution is -2.65. The van der Waals surface area contributed by atoms with Gasteiger partial charge in [0.25, 0.3) is 0 Å². The highest BCUT2D eigenvalue weighted by molar-refractivity contribution is 7.90. The van der Waals surface area contributed by atoms with Crippen molar-refractivity contribution < 1.29 is 59.7 Å². The molecule has 5 atom stereocenters. The lowest BCUT2D eigenvalue weighted by atomic mass is 9.99. The SMILES string of the molecule is CC(=O)OC[C@H]1O[C@@H](S(=O)(=O)NCCc2ccc(S(N)(=O)=O)cc2)[C@H](OC(C)=O)[C@@H](OC(C)=O)[C@@H]1OC(C)=O. The molecule has 1 heterocycles. The van der Waals surface area contributed by atoms with Crippen molar-refractivity contribution in [1.82, 2.24) is 4.72 Å². The summed E-state index contributed by atoms with van der Waals surface area (Å²) in [6.07, 6.45) is -6.25. The monoisotopic (exact) mass is 594 g/mol. The van der Waals surface area contributed by atoms with Gasteiger partial charge >= 0.3 is 23.9 Å². The number of esters is 4. The Morgan fingerprint density at radius 1 is 0.821 bits per heavy atom. The number of benzene rings is 1. The number of ether oxygens (including phenoxy) is 5. The molecule has 218 valence electrons. The van der Waals surface area contributed by atoms with Crippen LogP contribution in [0.5, 0.6) is 0 Å². The molecule has 0 aliphatic carbocycles. The van der Waals surface area contributed by atoms with E-state index >= 15 is 0 Å². The highest BCUT2D eigenvalue weighted by Crippen LogP contribution is 2.31. The van der Waals surface area contributed by atoms with Crippen molar-refractivity contribution in [1.29, 1.82) is 0 Å². The third-order valence-electron chi connectivity index (χ3n) is 5.22. The standard InChI is InChI=1S/C22H30N2O13S2/c1-12(25)33-11-18-19(34-13(2)26)20(35-14(3)27)21(36-15(4)28)22(37-18)39(31,32)24-10-9-16-5-7-17(8-6-16)38(23,29)30/h5-8,18-22,24H,9-11H2,1-4H3,(H2,23,29,30)/t18-,19-,20+,21-,22+/m1/s1. The van der Waals surface area contributed by atoms with Gasteiger partial charge in [0, 0.05) is 34.2 Å². The van der Waals surface area contributed by atoms with Crippen molar-refractivity contribution in [3.63, 3.8) is 0 Å². The molecule has 39 heavy (non-hydrogen) atoms. The molecule has 0 saturated carbocycles. The van der Waals surface area contributed by atoms with Gasteiger partial charge in [-0.1, -0.05) is 12.1 Å². The number of hydrogen-bond acceptors (Lipinski definition) is 13. The predicted octanol–water partition coefficient (Wildman–Crippen LogP) is -1.12. The summed E-state index contributed by atoms with van der Waals surface area (Å²) in [5.74, 6) is -3.47. The Labute approximate surface area is 225 Å². The number of carbonyl (C=O) groups is 4. The first-order valence-electron chi connectivity index (χ1n) is 11.4. The van der Waals surface area contributed by atoms with Crippen LogP contribution in [-0.4, -0.2) is 83.7 Å². The Morgan fingerprint density at radius 2 is 1.33 bits per heavy atom. The predicted molar refractivity (Wildman–Crippen MR) is 130 cm³/mol. The van der Waals surface area contributed by atoms with Gasteiger partial charge in [0.15, 0.2) is 18.3 Å². The van der Waals surface area contributed by atoms with Crippen molar-refractivity contribution in [3.8, 4) is 0 Å². The van der Waals surface area contributed by atoms with Crippen LogP contribution >= 0.6 is 0 Å². The first-order valence-corrected chi connectivity index (χ1v) is 14.5. The van der Waals surface area contributed by atoms with E-state index in [0.717, 1.165) is 27.7 Å². The molecule has 15 nitrogen and oxygen atoms in total. The molecule has 1 aliphatic rings. The van der Waals surface area contributed by atoms with Crippen LogP contribution in [0, 0.1) is 0 Å². The normalized spacial score (nSPS) is 23.4. The van der Waals surface area contributed by atoms with E-state index in [0.29, 0.717) is 5.56 Å². The number of primary sulfonamides is 1. The highest BCUT2D eigenvalue weighted by atomic mass is 32.2. The highest BCUT2D eigenvalue weighted by Gasteiger charge is 2.56. The second-order valence-electron chi connectivity index (χ2n) is 8.45. The van der Waals surface area contributed by atoms with Crippen LogP contribution in [0.4, 0.5) is 0 Å².